The zero-order valence-electron chi connectivity index (χ0n) is 19.9. The van der Waals surface area contributed by atoms with E-state index in [9.17, 15) is 14.4 Å². The highest BCUT2D eigenvalue weighted by Crippen LogP contribution is 2.22. The number of aromatic hydroxyl groups is 1. The number of hydrogen-bond donors (Lipinski definition) is 2. The van der Waals surface area contributed by atoms with Crippen molar-refractivity contribution >= 4 is 17.1 Å². The fraction of sp³-hybridized carbons (Fsp3) is 0.417. The summed E-state index contributed by atoms with van der Waals surface area (Å²) in [4.78, 5) is 38.7. The Hall–Kier alpha value is -3.62. The van der Waals surface area contributed by atoms with E-state index in [-0.39, 0.29) is 28.6 Å². The van der Waals surface area contributed by atoms with Crippen molar-refractivity contribution in [1.82, 2.24) is 9.97 Å². The topological polar surface area (TPSA) is 132 Å². The monoisotopic (exact) mass is 460 g/mol. The summed E-state index contributed by atoms with van der Waals surface area (Å²) in [5.41, 5.74) is -0.254. The average Bonchev–Trinajstić information content (AvgIpc) is 2.73. The van der Waals surface area contributed by atoms with Crippen LogP contribution in [0.2, 0.25) is 0 Å². The van der Waals surface area contributed by atoms with Crippen molar-refractivity contribution in [2.45, 2.75) is 53.6 Å². The lowest BCUT2D eigenvalue weighted by Gasteiger charge is -2.22. The lowest BCUT2D eigenvalue weighted by Crippen LogP contribution is -2.20. The minimum atomic E-state index is -0.825. The first-order chi connectivity index (χ1) is 15.5. The predicted octanol–water partition coefficient (Wildman–Crippen LogP) is 4.04. The second kappa shape index (κ2) is 13.0. The third-order valence-electron chi connectivity index (χ3n) is 3.99. The number of fused-ring (bicyclic) bond motifs is 1. The van der Waals surface area contributed by atoms with Crippen LogP contribution in [0.4, 0.5) is 0 Å². The van der Waals surface area contributed by atoms with E-state index in [1.54, 1.807) is 24.3 Å². The van der Waals surface area contributed by atoms with Crippen molar-refractivity contribution in [3.05, 3.63) is 63.5 Å². The number of aromatic amines is 1. The maximum absolute atomic E-state index is 11.2. The number of rotatable bonds is 4. The van der Waals surface area contributed by atoms with Crippen LogP contribution < -0.4 is 16.1 Å². The van der Waals surface area contributed by atoms with Crippen LogP contribution in [0.25, 0.3) is 11.1 Å². The molecule has 9 heteroatoms. The van der Waals surface area contributed by atoms with E-state index >= 15 is 0 Å². The molecule has 1 unspecified atom stereocenters. The van der Waals surface area contributed by atoms with Gasteiger partial charge in [0.1, 0.15) is 5.75 Å². The first-order valence-corrected chi connectivity index (χ1v) is 10.5. The van der Waals surface area contributed by atoms with Crippen molar-refractivity contribution in [2.75, 3.05) is 7.11 Å². The number of esters is 1. The molecule has 0 amide bonds. The standard InChI is InChI=1S/C10H20O2.C8H6N2O4.C6H6O/c1-6-9(11)12-8(2)7-10(3,4)5;1-13-4-2-3-9-5-6(4)14-8(12)10-7(5)11;7-6-4-2-1-3-5-6/h8H,6-7H2,1-5H3;2-3H,1H3,(H,10,11,12);1-5,7H. The van der Waals surface area contributed by atoms with E-state index in [0.717, 1.165) is 6.42 Å². The number of carbonyl (C=O) groups is 1. The number of aromatic nitrogens is 2. The number of hydrogen-bond acceptors (Lipinski definition) is 8. The molecule has 0 aliphatic rings. The Morgan fingerprint density at radius 3 is 2.30 bits per heavy atom. The number of nitrogens with zero attached hydrogens (tertiary/aromatic N) is 1. The van der Waals surface area contributed by atoms with Gasteiger partial charge in [-0.1, -0.05) is 45.9 Å². The Kier molecular flexibility index (Phi) is 10.8. The summed E-state index contributed by atoms with van der Waals surface area (Å²) < 4.78 is 14.8. The molecule has 0 spiro atoms. The van der Waals surface area contributed by atoms with Gasteiger partial charge in [0.2, 0.25) is 5.58 Å². The number of ether oxygens (including phenoxy) is 2. The number of phenols is 1. The Labute approximate surface area is 192 Å². The molecule has 0 bridgehead atoms. The lowest BCUT2D eigenvalue weighted by atomic mass is 9.90. The normalized spacial score (nSPS) is 11.3. The largest absolute Gasteiger partial charge is 0.508 e. The van der Waals surface area contributed by atoms with E-state index in [4.69, 9.17) is 19.0 Å². The summed E-state index contributed by atoms with van der Waals surface area (Å²) in [5.74, 6) is -0.304. The van der Waals surface area contributed by atoms with Crippen molar-refractivity contribution in [3.8, 4) is 11.5 Å². The Morgan fingerprint density at radius 2 is 1.82 bits per heavy atom. The zero-order chi connectivity index (χ0) is 25.0. The minimum Gasteiger partial charge on any atom is -0.508 e. The van der Waals surface area contributed by atoms with Gasteiger partial charge in [0.25, 0.3) is 5.56 Å². The molecule has 0 saturated carbocycles. The number of methoxy groups -OCH3 is 1. The number of H-pyrrole nitrogens is 1. The van der Waals surface area contributed by atoms with Crippen molar-refractivity contribution < 1.29 is 23.8 Å². The van der Waals surface area contributed by atoms with E-state index < -0.39 is 11.3 Å². The molecule has 3 aromatic rings. The molecule has 180 valence electrons. The highest BCUT2D eigenvalue weighted by molar-refractivity contribution is 5.76. The first-order valence-electron chi connectivity index (χ1n) is 10.5. The summed E-state index contributed by atoms with van der Waals surface area (Å²) in [5, 5.41) is 8.63. The Morgan fingerprint density at radius 1 is 1.18 bits per heavy atom. The van der Waals surface area contributed by atoms with Crippen LogP contribution >= 0.6 is 0 Å². The van der Waals surface area contributed by atoms with Crippen molar-refractivity contribution in [3.63, 3.8) is 0 Å². The molecule has 1 aromatic carbocycles. The summed E-state index contributed by atoms with van der Waals surface area (Å²) in [7, 11) is 1.41. The highest BCUT2D eigenvalue weighted by Gasteiger charge is 2.17. The molecule has 2 heterocycles. The van der Waals surface area contributed by atoms with Crippen LogP contribution in [0.3, 0.4) is 0 Å². The molecular formula is C24H32N2O7. The van der Waals surface area contributed by atoms with Gasteiger partial charge in [-0.2, -0.15) is 0 Å². The molecule has 9 nitrogen and oxygen atoms in total. The predicted molar refractivity (Wildman–Crippen MR) is 125 cm³/mol. The average molecular weight is 461 g/mol. The van der Waals surface area contributed by atoms with Gasteiger partial charge in [0.05, 0.1) is 13.2 Å². The minimum absolute atomic E-state index is 0.0393. The number of phenolic OH excluding ortho intramolecular Hbond substituents is 1. The summed E-state index contributed by atoms with van der Waals surface area (Å²) in [6.07, 6.45) is 2.82. The lowest BCUT2D eigenvalue weighted by molar-refractivity contribution is -0.148. The van der Waals surface area contributed by atoms with E-state index in [0.29, 0.717) is 17.9 Å². The third kappa shape index (κ3) is 10.5. The number of benzene rings is 1. The van der Waals surface area contributed by atoms with Crippen molar-refractivity contribution in [1.29, 1.82) is 0 Å². The first kappa shape index (κ1) is 27.4. The molecule has 2 N–H and O–H groups in total. The van der Waals surface area contributed by atoms with Gasteiger partial charge in [-0.25, -0.2) is 9.78 Å². The molecule has 0 aliphatic heterocycles. The fourth-order valence-electron chi connectivity index (χ4n) is 2.76. The van der Waals surface area contributed by atoms with Crippen LogP contribution in [-0.4, -0.2) is 34.3 Å². The second-order valence-corrected chi connectivity index (χ2v) is 8.29. The molecule has 1 atom stereocenters. The molecular weight excluding hydrogens is 428 g/mol. The van der Waals surface area contributed by atoms with Gasteiger partial charge in [0.15, 0.2) is 11.3 Å². The molecule has 0 radical (unpaired) electrons. The summed E-state index contributed by atoms with van der Waals surface area (Å²) in [6.45, 7) is 10.2. The molecule has 3 rings (SSSR count). The second-order valence-electron chi connectivity index (χ2n) is 8.29. The van der Waals surface area contributed by atoms with E-state index in [2.05, 4.69) is 25.8 Å². The summed E-state index contributed by atoms with van der Waals surface area (Å²) >= 11 is 0. The number of carbonyl (C=O) groups excluding carboxylic acids is 1. The Balaban J connectivity index is 0.000000261. The van der Waals surface area contributed by atoms with Crippen LogP contribution in [0.15, 0.2) is 56.6 Å². The smallest absolute Gasteiger partial charge is 0.419 e. The van der Waals surface area contributed by atoms with Crippen LogP contribution in [0.5, 0.6) is 11.5 Å². The Bertz CT molecular complexity index is 1120. The quantitative estimate of drug-likeness (QED) is 0.558. The van der Waals surface area contributed by atoms with Crippen LogP contribution in [0.1, 0.15) is 47.5 Å². The third-order valence-corrected chi connectivity index (χ3v) is 3.99. The van der Waals surface area contributed by atoms with Gasteiger partial charge in [-0.15, -0.1) is 0 Å². The molecule has 0 fully saturated rings. The maximum Gasteiger partial charge on any atom is 0.419 e. The fourth-order valence-corrected chi connectivity index (χ4v) is 2.76. The number of nitrogens with one attached hydrogen (secondary N) is 1. The van der Waals surface area contributed by atoms with Gasteiger partial charge < -0.3 is 19.0 Å². The zero-order valence-corrected chi connectivity index (χ0v) is 19.9. The van der Waals surface area contributed by atoms with Crippen molar-refractivity contribution in [2.24, 2.45) is 5.41 Å². The molecule has 2 aromatic heterocycles. The molecule has 0 aliphatic carbocycles. The summed E-state index contributed by atoms with van der Waals surface area (Å²) in [6, 6.07) is 10.2. The van der Waals surface area contributed by atoms with Gasteiger partial charge in [-0.3, -0.25) is 14.6 Å². The van der Waals surface area contributed by atoms with E-state index in [1.165, 1.54) is 19.4 Å². The highest BCUT2D eigenvalue weighted by atomic mass is 16.5. The molecule has 33 heavy (non-hydrogen) atoms. The van der Waals surface area contributed by atoms with Crippen LogP contribution in [-0.2, 0) is 9.53 Å². The van der Waals surface area contributed by atoms with Gasteiger partial charge in [-0.05, 0) is 30.9 Å². The van der Waals surface area contributed by atoms with Gasteiger partial charge >= 0.3 is 11.7 Å². The number of pyridine rings is 1. The van der Waals surface area contributed by atoms with Crippen LogP contribution in [0, 0.1) is 5.41 Å². The SMILES string of the molecule is CCC(=O)OC(C)CC(C)(C)C.COc1ccnc2c(=O)[nH]c(=O)oc12.Oc1ccccc1. The van der Waals surface area contributed by atoms with E-state index in [1.807, 2.05) is 24.9 Å². The molecule has 0 saturated heterocycles. The maximum atomic E-state index is 11.2. The van der Waals surface area contributed by atoms with Gasteiger partial charge in [0, 0.05) is 18.7 Å². The number of para-hydroxylation sites is 1.